The van der Waals surface area contributed by atoms with E-state index in [4.69, 9.17) is 9.47 Å². The third-order valence-corrected chi connectivity index (χ3v) is 4.66. The number of non-ortho nitro benzene ring substituents is 1. The maximum atomic E-state index is 12.3. The highest BCUT2D eigenvalue weighted by Gasteiger charge is 2.36. The molecule has 156 valence electrons. The van der Waals surface area contributed by atoms with Crippen molar-refractivity contribution in [1.82, 2.24) is 0 Å². The van der Waals surface area contributed by atoms with Crippen LogP contribution < -0.4 is 9.64 Å². The number of hydrogen-bond acceptors (Lipinski definition) is 7. The van der Waals surface area contributed by atoms with Crippen LogP contribution in [-0.4, -0.2) is 42.3 Å². The van der Waals surface area contributed by atoms with Gasteiger partial charge in [-0.15, -0.1) is 0 Å². The molecular weight excluding hydrogens is 392 g/mol. The number of ketones is 1. The van der Waals surface area contributed by atoms with Gasteiger partial charge in [-0.1, -0.05) is 0 Å². The van der Waals surface area contributed by atoms with Crippen LogP contribution in [0.2, 0.25) is 0 Å². The van der Waals surface area contributed by atoms with E-state index in [1.165, 1.54) is 29.2 Å². The Kier molecular flexibility index (Phi) is 6.41. The van der Waals surface area contributed by atoms with Crippen molar-refractivity contribution in [3.05, 3.63) is 64.2 Å². The van der Waals surface area contributed by atoms with E-state index < -0.39 is 29.2 Å². The molecule has 1 aliphatic rings. The molecule has 1 aliphatic heterocycles. The molecule has 0 aromatic heterocycles. The van der Waals surface area contributed by atoms with Gasteiger partial charge in [-0.3, -0.25) is 24.5 Å². The van der Waals surface area contributed by atoms with Crippen molar-refractivity contribution >= 4 is 29.0 Å². The van der Waals surface area contributed by atoms with Crippen LogP contribution in [0.25, 0.3) is 0 Å². The molecule has 0 radical (unpaired) electrons. The first-order chi connectivity index (χ1) is 14.4. The van der Waals surface area contributed by atoms with E-state index in [-0.39, 0.29) is 30.1 Å². The Bertz CT molecular complexity index is 954. The van der Waals surface area contributed by atoms with Gasteiger partial charge in [0.15, 0.2) is 12.4 Å². The number of anilines is 1. The minimum Gasteiger partial charge on any atom is -0.494 e. The average Bonchev–Trinajstić information content (AvgIpc) is 3.14. The smallest absolute Gasteiger partial charge is 0.311 e. The lowest BCUT2D eigenvalue weighted by Gasteiger charge is -2.17. The van der Waals surface area contributed by atoms with Gasteiger partial charge < -0.3 is 14.4 Å². The van der Waals surface area contributed by atoms with E-state index in [2.05, 4.69) is 0 Å². The highest BCUT2D eigenvalue weighted by molar-refractivity contribution is 6.01. The van der Waals surface area contributed by atoms with E-state index in [9.17, 15) is 24.5 Å². The first-order valence-corrected chi connectivity index (χ1v) is 9.36. The molecule has 9 nitrogen and oxygen atoms in total. The number of nitro groups is 1. The number of ether oxygens (including phenoxy) is 2. The molecule has 1 atom stereocenters. The van der Waals surface area contributed by atoms with E-state index in [1.54, 1.807) is 24.3 Å². The second-order valence-electron chi connectivity index (χ2n) is 6.67. The number of carbonyl (C=O) groups excluding carboxylic acids is 3. The summed E-state index contributed by atoms with van der Waals surface area (Å²) in [6, 6.07) is 12.0. The molecule has 0 spiro atoms. The Morgan fingerprint density at radius 3 is 2.40 bits per heavy atom. The van der Waals surface area contributed by atoms with Crippen molar-refractivity contribution in [1.29, 1.82) is 0 Å². The Morgan fingerprint density at radius 2 is 1.80 bits per heavy atom. The standard InChI is InChI=1S/C21H20N2O7/c1-2-29-18-9-7-16(8-10-18)22-12-15(11-20(22)25)21(26)30-13-19(24)14-3-5-17(6-4-14)23(27)28/h3-10,15H,2,11-13H2,1H3/t15-/m0/s1. The van der Waals surface area contributed by atoms with Gasteiger partial charge in [0.25, 0.3) is 5.69 Å². The second kappa shape index (κ2) is 9.17. The average molecular weight is 412 g/mol. The summed E-state index contributed by atoms with van der Waals surface area (Å²) in [5.74, 6) is -1.30. The monoisotopic (exact) mass is 412 g/mol. The first-order valence-electron chi connectivity index (χ1n) is 9.36. The molecule has 3 rings (SSSR count). The lowest BCUT2D eigenvalue weighted by molar-refractivity contribution is -0.384. The number of carbonyl (C=O) groups is 3. The summed E-state index contributed by atoms with van der Waals surface area (Å²) in [5.41, 5.74) is 0.718. The van der Waals surface area contributed by atoms with Crippen molar-refractivity contribution in [3.63, 3.8) is 0 Å². The van der Waals surface area contributed by atoms with Crippen molar-refractivity contribution in [2.45, 2.75) is 13.3 Å². The zero-order chi connectivity index (χ0) is 21.7. The molecule has 0 bridgehead atoms. The van der Waals surface area contributed by atoms with Crippen LogP contribution in [0.4, 0.5) is 11.4 Å². The maximum Gasteiger partial charge on any atom is 0.311 e. The van der Waals surface area contributed by atoms with Gasteiger partial charge in [-0.2, -0.15) is 0 Å². The van der Waals surface area contributed by atoms with Crippen LogP contribution in [-0.2, 0) is 14.3 Å². The first kappa shape index (κ1) is 21.0. The number of hydrogen-bond donors (Lipinski definition) is 0. The van der Waals surface area contributed by atoms with Gasteiger partial charge in [0.2, 0.25) is 5.91 Å². The van der Waals surface area contributed by atoms with E-state index in [0.29, 0.717) is 18.0 Å². The molecule has 2 aromatic rings. The molecule has 1 amide bonds. The number of benzene rings is 2. The van der Waals surface area contributed by atoms with Crippen LogP contribution in [0.15, 0.2) is 48.5 Å². The zero-order valence-electron chi connectivity index (χ0n) is 16.3. The lowest BCUT2D eigenvalue weighted by atomic mass is 10.1. The van der Waals surface area contributed by atoms with Gasteiger partial charge in [0.1, 0.15) is 5.75 Å². The van der Waals surface area contributed by atoms with Crippen molar-refractivity contribution in [3.8, 4) is 5.75 Å². The number of Topliss-reactive ketones (excluding diaryl/α,β-unsaturated/α-hetero) is 1. The third kappa shape index (κ3) is 4.80. The van der Waals surface area contributed by atoms with Gasteiger partial charge >= 0.3 is 5.97 Å². The van der Waals surface area contributed by atoms with Gasteiger partial charge in [0, 0.05) is 36.3 Å². The number of esters is 1. The topological polar surface area (TPSA) is 116 Å². The second-order valence-corrected chi connectivity index (χ2v) is 6.67. The van der Waals surface area contributed by atoms with Crippen molar-refractivity contribution < 1.29 is 28.8 Å². The van der Waals surface area contributed by atoms with Gasteiger partial charge in [0.05, 0.1) is 17.4 Å². The molecule has 2 aromatic carbocycles. The van der Waals surface area contributed by atoms with Crippen molar-refractivity contribution in [2.24, 2.45) is 5.92 Å². The molecule has 0 unspecified atom stereocenters. The quantitative estimate of drug-likeness (QED) is 0.283. The number of nitrogens with zero attached hydrogens (tertiary/aromatic N) is 2. The number of nitro benzene ring substituents is 1. The molecule has 0 saturated carbocycles. The maximum absolute atomic E-state index is 12.3. The summed E-state index contributed by atoms with van der Waals surface area (Å²) in [7, 11) is 0. The number of amides is 1. The molecule has 0 N–H and O–H groups in total. The largest absolute Gasteiger partial charge is 0.494 e. The Balaban J connectivity index is 1.55. The van der Waals surface area contributed by atoms with Crippen LogP contribution in [0.5, 0.6) is 5.75 Å². The van der Waals surface area contributed by atoms with Crippen LogP contribution in [0.1, 0.15) is 23.7 Å². The highest BCUT2D eigenvalue weighted by atomic mass is 16.6. The minimum atomic E-state index is -0.672. The molecule has 1 heterocycles. The fourth-order valence-corrected chi connectivity index (χ4v) is 3.11. The summed E-state index contributed by atoms with van der Waals surface area (Å²) in [5, 5.41) is 10.7. The van der Waals surface area contributed by atoms with Gasteiger partial charge in [-0.25, -0.2) is 0 Å². The Morgan fingerprint density at radius 1 is 1.13 bits per heavy atom. The van der Waals surface area contributed by atoms with E-state index in [1.807, 2.05) is 6.92 Å². The van der Waals surface area contributed by atoms with Crippen molar-refractivity contribution in [2.75, 3.05) is 24.7 Å². The summed E-state index contributed by atoms with van der Waals surface area (Å²) in [6.45, 7) is 2.08. The predicted molar refractivity (Wildman–Crippen MR) is 106 cm³/mol. The van der Waals surface area contributed by atoms with E-state index >= 15 is 0 Å². The Hall–Kier alpha value is -3.75. The summed E-state index contributed by atoms with van der Waals surface area (Å²) in [6.07, 6.45) is -0.00222. The third-order valence-electron chi connectivity index (χ3n) is 4.66. The Labute approximate surface area is 172 Å². The fourth-order valence-electron chi connectivity index (χ4n) is 3.11. The van der Waals surface area contributed by atoms with Crippen LogP contribution >= 0.6 is 0 Å². The lowest BCUT2D eigenvalue weighted by Crippen LogP contribution is -2.27. The minimum absolute atomic E-state index is 0.00222. The normalized spacial score (nSPS) is 15.7. The highest BCUT2D eigenvalue weighted by Crippen LogP contribution is 2.27. The summed E-state index contributed by atoms with van der Waals surface area (Å²) in [4.78, 5) is 48.4. The summed E-state index contributed by atoms with van der Waals surface area (Å²) >= 11 is 0. The molecule has 9 heteroatoms. The molecular formula is C21H20N2O7. The zero-order valence-corrected chi connectivity index (χ0v) is 16.3. The molecule has 30 heavy (non-hydrogen) atoms. The SMILES string of the molecule is CCOc1ccc(N2C[C@@H](C(=O)OCC(=O)c3ccc([N+](=O)[O-])cc3)CC2=O)cc1. The predicted octanol–water partition coefficient (Wildman–Crippen LogP) is 2.77. The summed E-state index contributed by atoms with van der Waals surface area (Å²) < 4.78 is 10.5. The van der Waals surface area contributed by atoms with E-state index in [0.717, 1.165) is 0 Å². The van der Waals surface area contributed by atoms with Crippen LogP contribution in [0.3, 0.4) is 0 Å². The molecule has 1 saturated heterocycles. The molecule has 1 fully saturated rings. The van der Waals surface area contributed by atoms with Crippen LogP contribution in [0, 0.1) is 16.0 Å². The fraction of sp³-hybridized carbons (Fsp3) is 0.286. The van der Waals surface area contributed by atoms with Gasteiger partial charge in [-0.05, 0) is 43.3 Å². The number of rotatable bonds is 8. The molecule has 0 aliphatic carbocycles.